The number of tetrazole rings is 1. The number of carboxylic acids is 1. The molecule has 1 aromatic heterocycles. The van der Waals surface area contributed by atoms with Crippen LogP contribution in [0.5, 0.6) is 0 Å². The van der Waals surface area contributed by atoms with Gasteiger partial charge in [-0.05, 0) is 16.7 Å². The summed E-state index contributed by atoms with van der Waals surface area (Å²) in [5, 5.41) is 30.7. The Morgan fingerprint density at radius 1 is 1.61 bits per heavy atom. The van der Waals surface area contributed by atoms with Crippen molar-refractivity contribution in [1.82, 2.24) is 30.4 Å². The van der Waals surface area contributed by atoms with Crippen molar-refractivity contribution in [2.24, 2.45) is 7.05 Å². The largest absolute Gasteiger partial charge is 0.477 e. The molecule has 3 heterocycles. The standard InChI is InChI=1S/C15H15N7O4S2/c1-4-15(17-11(23)8(5-16)27-3)13(26)22-9(12(24)25)7(6-28-14(15)22)10-18-19-20-21(10)2/h4,8,14H,1,6H2,2-3H3,(H,17,23)(H,24,25)/t8?,14-,15?/m0/s1. The highest BCUT2D eigenvalue weighted by molar-refractivity contribution is 8.00. The van der Waals surface area contributed by atoms with Crippen LogP contribution in [0.15, 0.2) is 18.4 Å². The molecule has 2 amide bonds. The van der Waals surface area contributed by atoms with Gasteiger partial charge in [-0.2, -0.15) is 5.26 Å². The average molecular weight is 421 g/mol. The number of carbonyl (C=O) groups excluding carboxylic acids is 2. The molecule has 1 aromatic rings. The molecule has 0 aromatic carbocycles. The highest BCUT2D eigenvalue weighted by Crippen LogP contribution is 2.48. The quantitative estimate of drug-likeness (QED) is 0.441. The first-order valence-electron chi connectivity index (χ1n) is 7.84. The predicted molar refractivity (Wildman–Crippen MR) is 100 cm³/mol. The molecule has 13 heteroatoms. The minimum absolute atomic E-state index is 0.208. The fourth-order valence-corrected chi connectivity index (χ4v) is 4.92. The van der Waals surface area contributed by atoms with Crippen LogP contribution in [0.2, 0.25) is 0 Å². The minimum atomic E-state index is -1.49. The third kappa shape index (κ3) is 2.76. The summed E-state index contributed by atoms with van der Waals surface area (Å²) in [4.78, 5) is 38.4. The number of carboxylic acid groups (broad SMARTS) is 1. The van der Waals surface area contributed by atoms with Crippen LogP contribution in [0.3, 0.4) is 0 Å². The molecule has 3 atom stereocenters. The molecule has 3 rings (SSSR count). The van der Waals surface area contributed by atoms with Gasteiger partial charge in [0.15, 0.2) is 16.6 Å². The van der Waals surface area contributed by atoms with Crippen molar-refractivity contribution in [3.05, 3.63) is 24.2 Å². The van der Waals surface area contributed by atoms with E-state index in [4.69, 9.17) is 5.26 Å². The van der Waals surface area contributed by atoms with Gasteiger partial charge in [-0.15, -0.1) is 35.2 Å². The molecular formula is C15H15N7O4S2. The van der Waals surface area contributed by atoms with Gasteiger partial charge in [-0.25, -0.2) is 9.48 Å². The summed E-state index contributed by atoms with van der Waals surface area (Å²) < 4.78 is 1.32. The summed E-state index contributed by atoms with van der Waals surface area (Å²) in [6.07, 6.45) is 2.88. The molecule has 1 fully saturated rings. The van der Waals surface area contributed by atoms with Gasteiger partial charge < -0.3 is 10.4 Å². The lowest BCUT2D eigenvalue weighted by atomic mass is 9.86. The molecule has 0 saturated carbocycles. The van der Waals surface area contributed by atoms with Crippen LogP contribution in [0.4, 0.5) is 0 Å². The van der Waals surface area contributed by atoms with Gasteiger partial charge >= 0.3 is 5.97 Å². The van der Waals surface area contributed by atoms with E-state index in [9.17, 15) is 19.5 Å². The number of amides is 2. The first-order chi connectivity index (χ1) is 13.3. The smallest absolute Gasteiger partial charge is 0.353 e. The van der Waals surface area contributed by atoms with E-state index in [1.165, 1.54) is 22.5 Å². The number of hydrogen-bond acceptors (Lipinski definition) is 9. The summed E-state index contributed by atoms with van der Waals surface area (Å²) in [5.41, 5.74) is -1.42. The molecule has 0 radical (unpaired) electrons. The fourth-order valence-electron chi connectivity index (χ4n) is 3.08. The Labute approximate surface area is 167 Å². The van der Waals surface area contributed by atoms with E-state index in [0.29, 0.717) is 5.57 Å². The molecule has 11 nitrogen and oxygen atoms in total. The Balaban J connectivity index is 2.00. The van der Waals surface area contributed by atoms with Crippen LogP contribution in [0.25, 0.3) is 5.57 Å². The zero-order valence-corrected chi connectivity index (χ0v) is 16.5. The normalized spacial score (nSPS) is 24.7. The van der Waals surface area contributed by atoms with Gasteiger partial charge in [-0.1, -0.05) is 6.08 Å². The predicted octanol–water partition coefficient (Wildman–Crippen LogP) is -0.783. The Morgan fingerprint density at radius 3 is 2.82 bits per heavy atom. The van der Waals surface area contributed by atoms with Crippen LogP contribution >= 0.6 is 23.5 Å². The number of thioether (sulfide) groups is 2. The van der Waals surface area contributed by atoms with Crippen molar-refractivity contribution in [1.29, 1.82) is 5.26 Å². The van der Waals surface area contributed by atoms with Crippen LogP contribution in [-0.2, 0) is 21.4 Å². The lowest BCUT2D eigenvalue weighted by Crippen LogP contribution is -2.79. The van der Waals surface area contributed by atoms with E-state index < -0.39 is 33.9 Å². The Bertz CT molecular complexity index is 952. The van der Waals surface area contributed by atoms with Crippen molar-refractivity contribution < 1.29 is 19.5 Å². The number of nitrogens with one attached hydrogen (secondary N) is 1. The summed E-state index contributed by atoms with van der Waals surface area (Å²) in [6.45, 7) is 3.65. The third-order valence-corrected chi connectivity index (χ3v) is 6.59. The maximum absolute atomic E-state index is 13.0. The Morgan fingerprint density at radius 2 is 2.32 bits per heavy atom. The molecule has 2 aliphatic heterocycles. The van der Waals surface area contributed by atoms with Crippen molar-refractivity contribution in [2.75, 3.05) is 12.0 Å². The van der Waals surface area contributed by atoms with Gasteiger partial charge in [0.1, 0.15) is 11.1 Å². The summed E-state index contributed by atoms with van der Waals surface area (Å²) >= 11 is 2.29. The van der Waals surface area contributed by atoms with Crippen LogP contribution in [-0.4, -0.2) is 76.2 Å². The number of aromatic nitrogens is 4. The lowest BCUT2D eigenvalue weighted by Gasteiger charge is -2.56. The molecule has 2 N–H and O–H groups in total. The van der Waals surface area contributed by atoms with E-state index in [-0.39, 0.29) is 17.3 Å². The number of hydrogen-bond donors (Lipinski definition) is 2. The van der Waals surface area contributed by atoms with Gasteiger partial charge in [-0.3, -0.25) is 14.5 Å². The molecule has 2 unspecified atom stereocenters. The maximum atomic E-state index is 13.0. The van der Waals surface area contributed by atoms with Gasteiger partial charge in [0.2, 0.25) is 5.91 Å². The average Bonchev–Trinajstić information content (AvgIpc) is 3.11. The Hall–Kier alpha value is -2.85. The SMILES string of the molecule is C=CC1(NC(=O)C(C#N)SC)C(=O)N2C(C(=O)O)=C(c3nnnn3C)CS[C@H]21. The molecule has 0 bridgehead atoms. The topological polar surface area (TPSA) is 154 Å². The van der Waals surface area contributed by atoms with E-state index in [0.717, 1.165) is 16.7 Å². The molecule has 2 aliphatic rings. The van der Waals surface area contributed by atoms with Crippen molar-refractivity contribution in [3.63, 3.8) is 0 Å². The van der Waals surface area contributed by atoms with Gasteiger partial charge in [0.05, 0.1) is 6.07 Å². The first-order valence-corrected chi connectivity index (χ1v) is 10.2. The number of nitriles is 1. The zero-order valence-electron chi connectivity index (χ0n) is 14.8. The van der Waals surface area contributed by atoms with E-state index >= 15 is 0 Å². The number of nitrogens with zero attached hydrogens (tertiary/aromatic N) is 6. The molecule has 28 heavy (non-hydrogen) atoms. The number of carbonyl (C=O) groups is 3. The maximum Gasteiger partial charge on any atom is 0.353 e. The minimum Gasteiger partial charge on any atom is -0.477 e. The number of aryl methyl sites for hydroxylation is 1. The monoisotopic (exact) mass is 421 g/mol. The van der Waals surface area contributed by atoms with Crippen molar-refractivity contribution in [3.8, 4) is 6.07 Å². The highest BCUT2D eigenvalue weighted by Gasteiger charge is 2.64. The van der Waals surface area contributed by atoms with E-state index in [2.05, 4.69) is 27.4 Å². The lowest BCUT2D eigenvalue weighted by molar-refractivity contribution is -0.155. The van der Waals surface area contributed by atoms with Gasteiger partial charge in [0, 0.05) is 18.4 Å². The first kappa shape index (κ1) is 19.9. The summed E-state index contributed by atoms with van der Waals surface area (Å²) in [5.74, 6) is -2.13. The number of aliphatic carboxylic acids is 1. The Kier molecular flexibility index (Phi) is 5.18. The second-order valence-electron chi connectivity index (χ2n) is 5.90. The molecule has 1 saturated heterocycles. The second kappa shape index (κ2) is 7.28. The van der Waals surface area contributed by atoms with E-state index in [1.54, 1.807) is 13.3 Å². The number of rotatable bonds is 6. The molecule has 0 aliphatic carbocycles. The zero-order chi connectivity index (χ0) is 20.6. The number of β-lactam (4-membered cyclic amide) rings is 1. The van der Waals surface area contributed by atoms with Crippen molar-refractivity contribution >= 4 is 46.9 Å². The summed E-state index contributed by atoms with van der Waals surface area (Å²) in [6, 6.07) is 1.85. The fraction of sp³-hybridized carbons (Fsp3) is 0.400. The summed E-state index contributed by atoms with van der Waals surface area (Å²) in [7, 11) is 1.56. The van der Waals surface area contributed by atoms with Crippen LogP contribution < -0.4 is 5.32 Å². The molecule has 0 spiro atoms. The van der Waals surface area contributed by atoms with Crippen LogP contribution in [0, 0.1) is 11.3 Å². The van der Waals surface area contributed by atoms with E-state index in [1.807, 2.05) is 6.07 Å². The molecule has 146 valence electrons. The van der Waals surface area contributed by atoms with Gasteiger partial charge in [0.25, 0.3) is 5.91 Å². The molecular weight excluding hydrogens is 406 g/mol. The number of fused-ring (bicyclic) bond motifs is 1. The second-order valence-corrected chi connectivity index (χ2v) is 7.92. The van der Waals surface area contributed by atoms with Crippen LogP contribution in [0.1, 0.15) is 5.82 Å². The highest BCUT2D eigenvalue weighted by atomic mass is 32.2. The third-order valence-electron chi connectivity index (χ3n) is 4.44. The van der Waals surface area contributed by atoms with Crippen molar-refractivity contribution in [2.45, 2.75) is 16.2 Å².